The minimum absolute atomic E-state index is 0.00543. The molecule has 15 heteroatoms. The van der Waals surface area contributed by atoms with E-state index in [0.29, 0.717) is 41.3 Å². The molecule has 3 N–H and O–H groups in total. The summed E-state index contributed by atoms with van der Waals surface area (Å²) in [5.74, 6) is -1.93. The summed E-state index contributed by atoms with van der Waals surface area (Å²) < 4.78 is 4.76. The number of aromatic hydroxyl groups is 2. The second kappa shape index (κ2) is 15.0. The number of phenols is 2. The summed E-state index contributed by atoms with van der Waals surface area (Å²) in [6.07, 6.45) is 3.49. The minimum Gasteiger partial charge on any atom is -0.507 e. The molecule has 0 aliphatic heterocycles. The van der Waals surface area contributed by atoms with Crippen LogP contribution in [0.2, 0.25) is 15.2 Å². The van der Waals surface area contributed by atoms with Gasteiger partial charge in [0, 0.05) is 16.8 Å². The molecule has 0 amide bonds. The summed E-state index contributed by atoms with van der Waals surface area (Å²) in [5.41, 5.74) is 4.33. The van der Waals surface area contributed by atoms with Crippen molar-refractivity contribution in [2.24, 2.45) is 0 Å². The van der Waals surface area contributed by atoms with Gasteiger partial charge in [-0.25, -0.2) is 9.36 Å². The van der Waals surface area contributed by atoms with Crippen molar-refractivity contribution in [3.05, 3.63) is 170 Å². The van der Waals surface area contributed by atoms with Crippen molar-refractivity contribution in [3.8, 4) is 39.7 Å². The van der Waals surface area contributed by atoms with E-state index < -0.39 is 11.6 Å². The fourth-order valence-corrected chi connectivity index (χ4v) is 7.04. The van der Waals surface area contributed by atoms with Crippen LogP contribution in [0.4, 0.5) is 0 Å². The molecule has 0 unspecified atom stereocenters. The van der Waals surface area contributed by atoms with Gasteiger partial charge in [-0.1, -0.05) is 118 Å². The Morgan fingerprint density at radius 2 is 1.18 bits per heavy atom. The van der Waals surface area contributed by atoms with Crippen molar-refractivity contribution >= 4 is 46.4 Å². The molecule has 8 aromatic rings. The standard InChI is InChI=1S/C41H29Cl3N8O4/c1-23-30(42)18-33(39(55)28-14-12-26(16-34(28)53)31-21-50(48-46-31)19-24-8-4-2-5-9-24)52(23)38-36(43)41(44)45-37(38)40(56)29-15-13-27(17-35(29)54)32-22-51(49-47-32)20-25-10-6-3-7-11-25/h2-18,21-22,45,53-54H,19-20H2,1H3. The van der Waals surface area contributed by atoms with Gasteiger partial charge in [0.2, 0.25) is 11.6 Å². The number of phenolic OH excluding ortho intramolecular Hbond substituents is 2. The lowest BCUT2D eigenvalue weighted by Crippen LogP contribution is -2.14. The van der Waals surface area contributed by atoms with Gasteiger partial charge in [-0.05, 0) is 48.4 Å². The normalized spacial score (nSPS) is 11.3. The van der Waals surface area contributed by atoms with Crippen LogP contribution in [0.5, 0.6) is 11.5 Å². The molecule has 4 aromatic carbocycles. The summed E-state index contributed by atoms with van der Waals surface area (Å²) in [6, 6.07) is 30.0. The fourth-order valence-electron chi connectivity index (χ4n) is 6.44. The summed E-state index contributed by atoms with van der Waals surface area (Å²) in [5, 5.41) is 39.2. The average molecular weight is 804 g/mol. The Bertz CT molecular complexity index is 2580. The van der Waals surface area contributed by atoms with Crippen LogP contribution in [0.1, 0.15) is 48.9 Å². The largest absolute Gasteiger partial charge is 0.507 e. The van der Waals surface area contributed by atoms with E-state index in [1.54, 1.807) is 40.8 Å². The Balaban J connectivity index is 1.08. The van der Waals surface area contributed by atoms with Gasteiger partial charge in [0.15, 0.2) is 0 Å². The number of H-pyrrole nitrogens is 1. The monoisotopic (exact) mass is 802 g/mol. The molecular weight excluding hydrogens is 775 g/mol. The molecule has 12 nitrogen and oxygen atoms in total. The number of carbonyl (C=O) groups excluding carboxylic acids is 2. The molecule has 0 saturated carbocycles. The molecule has 0 aliphatic rings. The Morgan fingerprint density at radius 1 is 0.679 bits per heavy atom. The van der Waals surface area contributed by atoms with Gasteiger partial charge < -0.3 is 19.8 Å². The van der Waals surface area contributed by atoms with E-state index in [1.807, 2.05) is 60.7 Å². The van der Waals surface area contributed by atoms with Crippen molar-refractivity contribution < 1.29 is 19.8 Å². The smallest absolute Gasteiger partial charge is 0.215 e. The molecule has 278 valence electrons. The predicted octanol–water partition coefficient (Wildman–Crippen LogP) is 8.56. The van der Waals surface area contributed by atoms with Crippen molar-refractivity contribution in [3.63, 3.8) is 0 Å². The average Bonchev–Trinajstić information content (AvgIpc) is 3.99. The molecule has 0 atom stereocenters. The topological polar surface area (TPSA) is 157 Å². The van der Waals surface area contributed by atoms with Crippen molar-refractivity contribution in [2.75, 3.05) is 0 Å². The highest BCUT2D eigenvalue weighted by atomic mass is 35.5. The van der Waals surface area contributed by atoms with E-state index in [2.05, 4.69) is 25.6 Å². The first-order valence-corrected chi connectivity index (χ1v) is 18.3. The third kappa shape index (κ3) is 6.97. The third-order valence-corrected chi connectivity index (χ3v) is 10.4. The molecule has 4 aromatic heterocycles. The van der Waals surface area contributed by atoms with Gasteiger partial charge in [0.25, 0.3) is 0 Å². The Hall–Kier alpha value is -6.47. The van der Waals surface area contributed by atoms with Crippen LogP contribution in [0.25, 0.3) is 28.2 Å². The van der Waals surface area contributed by atoms with E-state index in [1.165, 1.54) is 34.9 Å². The van der Waals surface area contributed by atoms with Crippen molar-refractivity contribution in [1.82, 2.24) is 39.5 Å². The maximum atomic E-state index is 14.2. The maximum Gasteiger partial charge on any atom is 0.215 e. The van der Waals surface area contributed by atoms with Crippen LogP contribution in [0, 0.1) is 6.92 Å². The van der Waals surface area contributed by atoms with Gasteiger partial charge in [-0.15, -0.1) is 10.2 Å². The summed E-state index contributed by atoms with van der Waals surface area (Å²) in [4.78, 5) is 31.2. The second-order valence-electron chi connectivity index (χ2n) is 13.0. The van der Waals surface area contributed by atoms with Gasteiger partial charge in [0.05, 0.1) is 53.0 Å². The molecule has 0 spiro atoms. The maximum absolute atomic E-state index is 14.2. The van der Waals surface area contributed by atoms with E-state index in [4.69, 9.17) is 34.8 Å². The molecule has 0 saturated heterocycles. The highest BCUT2D eigenvalue weighted by molar-refractivity contribution is 6.43. The molecule has 0 aliphatic carbocycles. The number of aromatic amines is 1. The van der Waals surface area contributed by atoms with Crippen molar-refractivity contribution in [2.45, 2.75) is 20.0 Å². The Labute approximate surface area is 334 Å². The number of nitrogens with zero attached hydrogens (tertiary/aromatic N) is 7. The summed E-state index contributed by atoms with van der Waals surface area (Å²) in [7, 11) is 0. The molecule has 0 radical (unpaired) electrons. The van der Waals surface area contributed by atoms with Crippen LogP contribution in [0.3, 0.4) is 0 Å². The number of hydrogen-bond donors (Lipinski definition) is 3. The van der Waals surface area contributed by atoms with Crippen LogP contribution in [-0.4, -0.2) is 61.3 Å². The van der Waals surface area contributed by atoms with Crippen LogP contribution in [0.15, 0.2) is 116 Å². The van der Waals surface area contributed by atoms with E-state index in [0.717, 1.165) is 11.1 Å². The lowest BCUT2D eigenvalue weighted by atomic mass is 10.0. The lowest BCUT2D eigenvalue weighted by molar-refractivity contribution is 0.101. The number of hydrogen-bond acceptors (Lipinski definition) is 8. The zero-order valence-electron chi connectivity index (χ0n) is 29.4. The number of ketones is 2. The first-order chi connectivity index (χ1) is 27.0. The molecular formula is C41H29Cl3N8O4. The summed E-state index contributed by atoms with van der Waals surface area (Å²) in [6.45, 7) is 2.66. The number of aromatic nitrogens is 8. The molecule has 0 bridgehead atoms. The third-order valence-electron chi connectivity index (χ3n) is 9.27. The number of halogens is 3. The number of carbonyl (C=O) groups is 2. The highest BCUT2D eigenvalue weighted by Gasteiger charge is 2.30. The van der Waals surface area contributed by atoms with Gasteiger partial charge in [0.1, 0.15) is 38.8 Å². The lowest BCUT2D eigenvalue weighted by Gasteiger charge is -2.14. The molecule has 56 heavy (non-hydrogen) atoms. The first-order valence-electron chi connectivity index (χ1n) is 17.1. The van der Waals surface area contributed by atoms with Crippen molar-refractivity contribution in [1.29, 1.82) is 0 Å². The molecule has 4 heterocycles. The first kappa shape index (κ1) is 36.5. The highest BCUT2D eigenvalue weighted by Crippen LogP contribution is 2.39. The molecule has 0 fully saturated rings. The quantitative estimate of drug-likeness (QED) is 0.110. The zero-order chi connectivity index (χ0) is 39.1. The Morgan fingerprint density at radius 3 is 1.68 bits per heavy atom. The van der Waals surface area contributed by atoms with Crippen LogP contribution in [-0.2, 0) is 13.1 Å². The number of benzene rings is 4. The van der Waals surface area contributed by atoms with E-state index in [9.17, 15) is 19.8 Å². The Kier molecular flexibility index (Phi) is 9.77. The van der Waals surface area contributed by atoms with Gasteiger partial charge in [-0.2, -0.15) is 0 Å². The van der Waals surface area contributed by atoms with Crippen LogP contribution < -0.4 is 0 Å². The fraction of sp³-hybridized carbons (Fsp3) is 0.0732. The van der Waals surface area contributed by atoms with Crippen LogP contribution >= 0.6 is 34.8 Å². The SMILES string of the molecule is Cc1c(Cl)cc(C(=O)c2ccc(-c3cn(Cc4ccccc4)nn3)cc2O)n1-c1c(C(=O)c2ccc(-c3cn(Cc4ccccc4)nn3)cc2O)[nH]c(Cl)c1Cl. The zero-order valence-corrected chi connectivity index (χ0v) is 31.6. The van der Waals surface area contributed by atoms with E-state index >= 15 is 0 Å². The summed E-state index contributed by atoms with van der Waals surface area (Å²) >= 11 is 19.8. The second-order valence-corrected chi connectivity index (χ2v) is 14.1. The van der Waals surface area contributed by atoms with Gasteiger partial charge >= 0.3 is 0 Å². The number of rotatable bonds is 11. The predicted molar refractivity (Wildman–Crippen MR) is 212 cm³/mol. The van der Waals surface area contributed by atoms with E-state index in [-0.39, 0.29) is 54.9 Å². The minimum atomic E-state index is -0.666. The molecule has 8 rings (SSSR count). The number of nitrogens with one attached hydrogen (secondary N) is 1. The van der Waals surface area contributed by atoms with Gasteiger partial charge in [-0.3, -0.25) is 9.59 Å².